The number of nitrogens with zero attached hydrogens (tertiary/aromatic N) is 7. The summed E-state index contributed by atoms with van der Waals surface area (Å²) in [5.74, 6) is -13.4. The highest BCUT2D eigenvalue weighted by molar-refractivity contribution is 6.01. The van der Waals surface area contributed by atoms with Crippen molar-refractivity contribution < 1.29 is 92.9 Å². The van der Waals surface area contributed by atoms with E-state index in [0.29, 0.717) is 16.7 Å². The summed E-state index contributed by atoms with van der Waals surface area (Å²) in [4.78, 5) is 183. The number of esters is 1. The molecular formula is C79H103N17O19. The Balaban J connectivity index is 0.000000239. The van der Waals surface area contributed by atoms with Gasteiger partial charge in [-0.25, -0.2) is 15.0 Å². The van der Waals surface area contributed by atoms with E-state index in [0.717, 1.165) is 0 Å². The molecule has 9 rings (SSSR count). The maximum atomic E-state index is 13.6. The Morgan fingerprint density at radius 1 is 0.417 bits per heavy atom. The van der Waals surface area contributed by atoms with Crippen LogP contribution in [0.2, 0.25) is 0 Å². The second-order valence-corrected chi connectivity index (χ2v) is 29.7. The quantitative estimate of drug-likeness (QED) is 0.0590. The number of likely N-dealkylation sites (N-methyl/N-ethyl adjacent to an activating group) is 1. The molecule has 6 aromatic heterocycles. The summed E-state index contributed by atoms with van der Waals surface area (Å²) in [6.07, 6.45) is 8.62. The Kier molecular flexibility index (Phi) is 32.5. The second-order valence-electron chi connectivity index (χ2n) is 29.7. The van der Waals surface area contributed by atoms with E-state index in [1.807, 2.05) is 0 Å². The van der Waals surface area contributed by atoms with Gasteiger partial charge < -0.3 is 93.4 Å². The van der Waals surface area contributed by atoms with Gasteiger partial charge in [0.1, 0.15) is 47.5 Å². The molecule has 36 nitrogen and oxygen atoms in total. The number of amides is 11. The lowest BCUT2D eigenvalue weighted by molar-refractivity contribution is -0.166. The minimum Gasteiger partial charge on any atom is -0.505 e. The zero-order chi connectivity index (χ0) is 84.8. The number of carbonyl (C=O) groups is 12. The Morgan fingerprint density at radius 2 is 0.757 bits per heavy atom. The summed E-state index contributed by atoms with van der Waals surface area (Å²) < 4.78 is 5.49. The van der Waals surface area contributed by atoms with Gasteiger partial charge in [-0.1, -0.05) is 73.6 Å². The zero-order valence-electron chi connectivity index (χ0n) is 66.0. The van der Waals surface area contributed by atoms with E-state index < -0.39 is 185 Å². The van der Waals surface area contributed by atoms with Crippen molar-refractivity contribution in [1.29, 1.82) is 0 Å². The van der Waals surface area contributed by atoms with Gasteiger partial charge in [-0.15, -0.1) is 0 Å². The Morgan fingerprint density at radius 3 is 1.09 bits per heavy atom. The van der Waals surface area contributed by atoms with E-state index in [9.17, 15) is 88.2 Å². The normalized spacial score (nSPS) is 26.8. The van der Waals surface area contributed by atoms with Crippen LogP contribution in [0.4, 0.5) is 0 Å². The lowest BCUT2D eigenvalue weighted by atomic mass is 9.90. The van der Waals surface area contributed by atoms with Crippen molar-refractivity contribution in [3.05, 3.63) is 162 Å². The molecule has 3 fully saturated rings. The number of hydrogen-bond acceptors (Lipinski definition) is 25. The standard InChI is InChI=1S/C27H36N6O6.C26H34N6O6.C26H33N5O7/c1-14(2)22-26(38)30-16(4)20(32-25(37)21-19(34)9-7-11-29-21)24(36)31-18(12-17-8-6-10-28-13-17)23(35)15(3)27(39)33(22)5;1-13(2)19-24(36)29-15(4)20(32-26(38)21-18(33)8-6-10-28-21)25(37)30-17(11-16-7-5-9-27-12-16)22(34)14(3)23(35)31-19;1-13(2)22-25(36)29-15(4)19(31-24(35)20-18(32)8-6-10-28-20)23(34)30-17(11-16-7-5-9-27-12-16)21(33)14(3)26(37)38-22/h6-11,13-16,18,20,22-23,34-35H,12H2,1-5H3,(H,30,38)(H,31,36)(H,32,37);5-10,12-15,17,19-20,22,33-34H,11H2,1-4H3,(H,29,36)(H,30,37)(H,31,35)(H,32,38);5-10,12-15,17,19,21-22,32-33H,11H2,1-4H3,(H,29,36)(H,30,34)(H,31,35)/t15-,16-,18+,20+,22?,23+;14-,15-,17+,19?,20+,22+;14-,15-,17+,19+,21+,22?/m111/s1. The maximum Gasteiger partial charge on any atom is 0.312 e. The van der Waals surface area contributed by atoms with Gasteiger partial charge in [0.25, 0.3) is 23.6 Å². The third-order valence-electron chi connectivity index (χ3n) is 19.8. The molecule has 6 aromatic rings. The molecule has 36 heteroatoms. The fourth-order valence-electron chi connectivity index (χ4n) is 13.1. The summed E-state index contributed by atoms with van der Waals surface area (Å²) in [6.45, 7) is 19.5. The molecule has 0 spiro atoms. The number of aliphatic hydroxyl groups excluding tert-OH is 3. The summed E-state index contributed by atoms with van der Waals surface area (Å²) in [5.41, 5.74) is 1.21. The second kappa shape index (κ2) is 41.6. The van der Waals surface area contributed by atoms with Gasteiger partial charge in [-0.05, 0) is 136 Å². The van der Waals surface area contributed by atoms with Crippen LogP contribution in [0.15, 0.2) is 129 Å². The van der Waals surface area contributed by atoms with Crippen molar-refractivity contribution in [2.24, 2.45) is 35.5 Å². The molecule has 18 atom stereocenters. The molecule has 9 heterocycles. The number of carbonyl (C=O) groups excluding carboxylic acids is 12. The molecule has 3 saturated heterocycles. The SMILES string of the molecule is CC(C)C1C(=O)N[C@H](C)[C@H](NC(=O)c2ncccc2O)C(=O)N[C@@H](Cc2cccnc2)[C@@H](O)[C@@H](C)C(=O)N1C.CC(C)C1NC(=O)[C@H](C)[C@H](O)[C@H](Cc2cccnc2)NC(=O)[C@@H](NC(=O)c2ncccc2O)[C@@H](C)NC1=O.CC(C)C1OC(=O)[C@H](C)[C@H](O)[C@H](Cc2cccnc2)NC(=O)[C@@H](NC(=O)c2ncccc2O)[C@@H](C)NC1=O. The number of aromatic hydroxyl groups is 3. The van der Waals surface area contributed by atoms with Crippen molar-refractivity contribution in [1.82, 2.24) is 88.0 Å². The Bertz CT molecular complexity index is 4200. The molecule has 0 aliphatic carbocycles. The van der Waals surface area contributed by atoms with Gasteiger partial charge >= 0.3 is 5.97 Å². The molecule has 618 valence electrons. The fraction of sp³-hybridized carbons (Fsp3) is 0.468. The van der Waals surface area contributed by atoms with Gasteiger partial charge in [0.05, 0.1) is 72.3 Å². The van der Waals surface area contributed by atoms with Crippen LogP contribution in [0.3, 0.4) is 0 Å². The third kappa shape index (κ3) is 24.2. The highest BCUT2D eigenvalue weighted by atomic mass is 16.6. The van der Waals surface area contributed by atoms with Crippen molar-refractivity contribution >= 4 is 70.9 Å². The molecule has 16 N–H and O–H groups in total. The molecule has 3 aliphatic heterocycles. The van der Waals surface area contributed by atoms with Crippen LogP contribution in [0.5, 0.6) is 17.2 Å². The number of cyclic esters (lactones) is 1. The van der Waals surface area contributed by atoms with Crippen molar-refractivity contribution in [2.75, 3.05) is 7.05 Å². The lowest BCUT2D eigenvalue weighted by Gasteiger charge is -2.38. The van der Waals surface area contributed by atoms with Crippen LogP contribution in [0.25, 0.3) is 0 Å². The van der Waals surface area contributed by atoms with Crippen LogP contribution < -0.4 is 53.2 Å². The first kappa shape index (κ1) is 90.0. The summed E-state index contributed by atoms with van der Waals surface area (Å²) >= 11 is 0. The van der Waals surface area contributed by atoms with E-state index in [4.69, 9.17) is 4.74 Å². The minimum absolute atomic E-state index is 0.119. The van der Waals surface area contributed by atoms with Gasteiger partial charge in [0.2, 0.25) is 41.4 Å². The predicted octanol–water partition coefficient (Wildman–Crippen LogP) is -0.238. The molecular weight excluding hydrogens is 1490 g/mol. The first-order valence-electron chi connectivity index (χ1n) is 37.6. The van der Waals surface area contributed by atoms with Gasteiger partial charge in [0, 0.05) is 62.8 Å². The first-order chi connectivity index (χ1) is 54.4. The van der Waals surface area contributed by atoms with E-state index >= 15 is 0 Å². The summed E-state index contributed by atoms with van der Waals surface area (Å²) in [5, 5.41) is 90.5. The molecule has 0 radical (unpaired) electrons. The van der Waals surface area contributed by atoms with Crippen molar-refractivity contribution in [3.8, 4) is 17.2 Å². The van der Waals surface area contributed by atoms with Crippen LogP contribution in [-0.2, 0) is 67.2 Å². The number of aromatic nitrogens is 6. The predicted molar refractivity (Wildman–Crippen MR) is 412 cm³/mol. The van der Waals surface area contributed by atoms with Gasteiger partial charge in [-0.3, -0.25) is 72.5 Å². The lowest BCUT2D eigenvalue weighted by Crippen LogP contribution is -2.64. The van der Waals surface area contributed by atoms with Gasteiger partial charge in [0.15, 0.2) is 23.2 Å². The molecule has 0 aromatic carbocycles. The zero-order valence-corrected chi connectivity index (χ0v) is 66.0. The van der Waals surface area contributed by atoms with E-state index in [1.165, 1.54) is 94.6 Å². The summed E-state index contributed by atoms with van der Waals surface area (Å²) in [6, 6.07) is 7.11. The third-order valence-corrected chi connectivity index (χ3v) is 19.8. The maximum absolute atomic E-state index is 13.6. The number of rotatable bonds is 15. The number of ether oxygens (including phenoxy) is 1. The molecule has 115 heavy (non-hydrogen) atoms. The van der Waals surface area contributed by atoms with Crippen molar-refractivity contribution in [2.45, 2.75) is 193 Å². The Hall–Kier alpha value is -12.2. The highest BCUT2D eigenvalue weighted by Gasteiger charge is 2.45. The number of aliphatic hydroxyl groups is 3. The van der Waals surface area contributed by atoms with E-state index in [1.54, 1.807) is 129 Å². The van der Waals surface area contributed by atoms with Crippen LogP contribution in [0, 0.1) is 35.5 Å². The average Bonchev–Trinajstić information content (AvgIpc) is 0.825. The molecule has 11 amide bonds. The topological polar surface area (TPSA) is 536 Å². The molecule has 0 saturated carbocycles. The van der Waals surface area contributed by atoms with Crippen LogP contribution in [-0.4, -0.2) is 234 Å². The van der Waals surface area contributed by atoms with Crippen LogP contribution >= 0.6 is 0 Å². The Labute approximate surface area is 664 Å². The van der Waals surface area contributed by atoms with E-state index in [2.05, 4.69) is 83.1 Å². The number of pyridine rings is 6. The first-order valence-corrected chi connectivity index (χ1v) is 37.6. The van der Waals surface area contributed by atoms with Crippen molar-refractivity contribution in [3.63, 3.8) is 0 Å². The summed E-state index contributed by atoms with van der Waals surface area (Å²) in [7, 11) is 1.50. The largest absolute Gasteiger partial charge is 0.505 e. The highest BCUT2D eigenvalue weighted by Crippen LogP contribution is 2.25. The molecule has 3 unspecified atom stereocenters. The monoisotopic (exact) mass is 1590 g/mol. The fourth-order valence-corrected chi connectivity index (χ4v) is 13.1. The smallest absolute Gasteiger partial charge is 0.312 e. The van der Waals surface area contributed by atoms with Crippen LogP contribution in [0.1, 0.15) is 131 Å². The minimum atomic E-state index is -1.39. The van der Waals surface area contributed by atoms with Gasteiger partial charge in [-0.2, -0.15) is 0 Å². The molecule has 0 bridgehead atoms. The average molecular weight is 1590 g/mol. The number of hydrogen-bond donors (Lipinski definition) is 16. The van der Waals surface area contributed by atoms with E-state index in [-0.39, 0.29) is 65.4 Å². The molecule has 3 aliphatic rings. The number of nitrogens with one attached hydrogen (secondary N) is 10.